The molecule has 0 bridgehead atoms. The molecule has 0 saturated carbocycles. The summed E-state index contributed by atoms with van der Waals surface area (Å²) in [6, 6.07) is 12.3. The zero-order valence-electron chi connectivity index (χ0n) is 17.4. The van der Waals surface area contributed by atoms with E-state index in [1.807, 2.05) is 37.3 Å². The summed E-state index contributed by atoms with van der Waals surface area (Å²) in [5.41, 5.74) is 1.07. The van der Waals surface area contributed by atoms with Gasteiger partial charge in [-0.05, 0) is 50.5 Å². The average molecular weight is 428 g/mol. The van der Waals surface area contributed by atoms with Crippen LogP contribution in [0.5, 0.6) is 0 Å². The van der Waals surface area contributed by atoms with E-state index in [1.165, 1.54) is 4.70 Å². The highest BCUT2D eigenvalue weighted by atomic mass is 32.1. The lowest BCUT2D eigenvalue weighted by Crippen LogP contribution is -2.43. The molecule has 1 saturated heterocycles. The van der Waals surface area contributed by atoms with E-state index in [2.05, 4.69) is 21.3 Å². The number of morpholine rings is 1. The molecule has 4 rings (SSSR count). The predicted molar refractivity (Wildman–Crippen MR) is 119 cm³/mol. The third-order valence-corrected chi connectivity index (χ3v) is 6.55. The number of para-hydroxylation sites is 1. The molecular formula is C23H29N3O3S. The second-order valence-electron chi connectivity index (χ2n) is 7.70. The van der Waals surface area contributed by atoms with Crippen LogP contribution >= 0.6 is 11.3 Å². The number of aromatic nitrogens is 1. The van der Waals surface area contributed by atoms with Crippen LogP contribution in [0.25, 0.3) is 10.2 Å². The van der Waals surface area contributed by atoms with Crippen LogP contribution in [0, 0.1) is 6.92 Å². The van der Waals surface area contributed by atoms with Crippen molar-refractivity contribution in [1.82, 2.24) is 15.2 Å². The summed E-state index contributed by atoms with van der Waals surface area (Å²) in [6.07, 6.45) is 3.30. The quantitative estimate of drug-likeness (QED) is 0.521. The minimum atomic E-state index is 0.0503. The van der Waals surface area contributed by atoms with Crippen LogP contribution in [0.1, 0.15) is 41.8 Å². The Hall–Kier alpha value is -2.22. The zero-order valence-corrected chi connectivity index (χ0v) is 18.2. The zero-order chi connectivity index (χ0) is 20.8. The van der Waals surface area contributed by atoms with Crippen LogP contribution in [-0.2, 0) is 16.0 Å². The van der Waals surface area contributed by atoms with Gasteiger partial charge in [-0.1, -0.05) is 12.1 Å². The molecule has 0 radical (unpaired) electrons. The number of benzene rings is 1. The first-order valence-corrected chi connectivity index (χ1v) is 11.5. The topological polar surface area (TPSA) is 67.6 Å². The number of hydrogen-bond donors (Lipinski definition) is 1. The van der Waals surface area contributed by atoms with E-state index in [0.717, 1.165) is 67.6 Å². The number of unbranched alkanes of at least 4 members (excludes halogenated alkanes) is 1. The number of furan rings is 1. The number of carbonyl (C=O) groups excluding carboxylic acids is 1. The number of thiazole rings is 1. The molecule has 0 spiro atoms. The van der Waals surface area contributed by atoms with Crippen molar-refractivity contribution in [2.24, 2.45) is 0 Å². The molecule has 160 valence electrons. The Morgan fingerprint density at radius 2 is 2.03 bits per heavy atom. The summed E-state index contributed by atoms with van der Waals surface area (Å²) in [4.78, 5) is 19.4. The number of rotatable bonds is 9. The Bertz CT molecular complexity index is 928. The van der Waals surface area contributed by atoms with Gasteiger partial charge < -0.3 is 14.5 Å². The molecule has 1 atom stereocenters. The first-order chi connectivity index (χ1) is 14.7. The van der Waals surface area contributed by atoms with Crippen LogP contribution in [0.2, 0.25) is 0 Å². The molecule has 1 amide bonds. The number of fused-ring (bicyclic) bond motifs is 1. The van der Waals surface area contributed by atoms with E-state index < -0.39 is 0 Å². The lowest BCUT2D eigenvalue weighted by molar-refractivity contribution is -0.121. The lowest BCUT2D eigenvalue weighted by atomic mass is 10.1. The lowest BCUT2D eigenvalue weighted by Gasteiger charge is -2.33. The molecule has 7 heteroatoms. The van der Waals surface area contributed by atoms with Gasteiger partial charge in [-0.15, -0.1) is 11.3 Å². The number of amides is 1. The van der Waals surface area contributed by atoms with Crippen molar-refractivity contribution < 1.29 is 13.9 Å². The van der Waals surface area contributed by atoms with E-state index in [4.69, 9.17) is 9.15 Å². The SMILES string of the molecule is Cc1ccc(C(CNC(=O)CCCCc2nc3ccccc3s2)N2CCOCC2)o1. The molecule has 6 nitrogen and oxygen atoms in total. The third kappa shape index (κ3) is 5.47. The summed E-state index contributed by atoms with van der Waals surface area (Å²) in [5.74, 6) is 1.90. The Kier molecular flexibility index (Phi) is 7.15. The monoisotopic (exact) mass is 427 g/mol. The number of ether oxygens (including phenoxy) is 1. The van der Waals surface area contributed by atoms with Crippen LogP contribution in [-0.4, -0.2) is 48.6 Å². The normalized spacial score (nSPS) is 16.0. The van der Waals surface area contributed by atoms with Crippen molar-refractivity contribution in [3.8, 4) is 0 Å². The van der Waals surface area contributed by atoms with Crippen molar-refractivity contribution in [1.29, 1.82) is 0 Å². The van der Waals surface area contributed by atoms with Crippen LogP contribution < -0.4 is 5.32 Å². The highest BCUT2D eigenvalue weighted by Gasteiger charge is 2.25. The fraction of sp³-hybridized carbons (Fsp3) is 0.478. The van der Waals surface area contributed by atoms with Gasteiger partial charge in [0.15, 0.2) is 0 Å². The van der Waals surface area contributed by atoms with Gasteiger partial charge in [-0.3, -0.25) is 9.69 Å². The second kappa shape index (κ2) is 10.2. The van der Waals surface area contributed by atoms with E-state index in [9.17, 15) is 4.79 Å². The number of nitrogens with one attached hydrogen (secondary N) is 1. The Morgan fingerprint density at radius 1 is 1.20 bits per heavy atom. The molecule has 1 aliphatic rings. The van der Waals surface area contributed by atoms with Crippen LogP contribution in [0.15, 0.2) is 40.8 Å². The molecule has 1 fully saturated rings. The molecule has 3 heterocycles. The van der Waals surface area contributed by atoms with E-state index in [0.29, 0.717) is 13.0 Å². The smallest absolute Gasteiger partial charge is 0.220 e. The first kappa shape index (κ1) is 21.0. The van der Waals surface area contributed by atoms with Gasteiger partial charge in [0, 0.05) is 26.1 Å². The Labute approximate surface area is 181 Å². The predicted octanol–water partition coefficient (Wildman–Crippen LogP) is 4.10. The number of hydrogen-bond acceptors (Lipinski definition) is 6. The maximum atomic E-state index is 12.4. The van der Waals surface area contributed by atoms with E-state index >= 15 is 0 Å². The summed E-state index contributed by atoms with van der Waals surface area (Å²) in [5, 5.41) is 4.26. The van der Waals surface area contributed by atoms with E-state index in [-0.39, 0.29) is 11.9 Å². The second-order valence-corrected chi connectivity index (χ2v) is 8.81. The van der Waals surface area contributed by atoms with Crippen molar-refractivity contribution in [3.05, 3.63) is 52.9 Å². The molecule has 1 aliphatic heterocycles. The highest BCUT2D eigenvalue weighted by Crippen LogP contribution is 2.24. The number of aryl methyl sites for hydroxylation is 2. The minimum Gasteiger partial charge on any atom is -0.465 e. The summed E-state index contributed by atoms with van der Waals surface area (Å²) in [7, 11) is 0. The minimum absolute atomic E-state index is 0.0503. The Morgan fingerprint density at radius 3 is 2.80 bits per heavy atom. The van der Waals surface area contributed by atoms with Gasteiger partial charge in [0.2, 0.25) is 5.91 Å². The van der Waals surface area contributed by atoms with Crippen molar-refractivity contribution in [2.75, 3.05) is 32.8 Å². The molecule has 3 aromatic rings. The van der Waals surface area contributed by atoms with E-state index in [1.54, 1.807) is 11.3 Å². The molecular weight excluding hydrogens is 398 g/mol. The first-order valence-electron chi connectivity index (χ1n) is 10.7. The molecule has 1 N–H and O–H groups in total. The highest BCUT2D eigenvalue weighted by molar-refractivity contribution is 7.18. The molecule has 0 aliphatic carbocycles. The van der Waals surface area contributed by atoms with Gasteiger partial charge in [-0.25, -0.2) is 4.98 Å². The third-order valence-electron chi connectivity index (χ3n) is 5.45. The molecule has 2 aromatic heterocycles. The fourth-order valence-electron chi connectivity index (χ4n) is 3.82. The van der Waals surface area contributed by atoms with Gasteiger partial charge in [0.05, 0.1) is 34.5 Å². The van der Waals surface area contributed by atoms with Crippen molar-refractivity contribution >= 4 is 27.5 Å². The van der Waals surface area contributed by atoms with Crippen LogP contribution in [0.3, 0.4) is 0 Å². The largest absolute Gasteiger partial charge is 0.465 e. The maximum absolute atomic E-state index is 12.4. The summed E-state index contributed by atoms with van der Waals surface area (Å²) < 4.78 is 12.6. The van der Waals surface area contributed by atoms with Gasteiger partial charge >= 0.3 is 0 Å². The number of carbonyl (C=O) groups is 1. The number of nitrogens with zero attached hydrogens (tertiary/aromatic N) is 2. The fourth-order valence-corrected chi connectivity index (χ4v) is 4.83. The summed E-state index contributed by atoms with van der Waals surface area (Å²) >= 11 is 1.75. The molecule has 30 heavy (non-hydrogen) atoms. The average Bonchev–Trinajstić information content (AvgIpc) is 3.38. The van der Waals surface area contributed by atoms with Gasteiger partial charge in [0.1, 0.15) is 11.5 Å². The van der Waals surface area contributed by atoms with Crippen LogP contribution in [0.4, 0.5) is 0 Å². The van der Waals surface area contributed by atoms with Crippen molar-refractivity contribution in [3.63, 3.8) is 0 Å². The Balaban J connectivity index is 1.23. The molecule has 1 unspecified atom stereocenters. The summed E-state index contributed by atoms with van der Waals surface area (Å²) in [6.45, 7) is 5.64. The van der Waals surface area contributed by atoms with Gasteiger partial charge in [-0.2, -0.15) is 0 Å². The maximum Gasteiger partial charge on any atom is 0.220 e. The molecule has 1 aromatic carbocycles. The van der Waals surface area contributed by atoms with Gasteiger partial charge in [0.25, 0.3) is 0 Å². The van der Waals surface area contributed by atoms with Crippen molar-refractivity contribution in [2.45, 2.75) is 38.6 Å². The standard InChI is InChI=1S/C23H29N3O3S/c1-17-10-11-20(29-17)19(26-12-14-28-15-13-26)16-24-22(27)8-4-5-9-23-25-18-6-2-3-7-21(18)30-23/h2-3,6-7,10-11,19H,4-5,8-9,12-16H2,1H3,(H,24,27).